The Labute approximate surface area is 815 Å². The molecule has 0 radical (unpaired) electrons. The highest BCUT2D eigenvalue weighted by Crippen LogP contribution is 2.46. The molecule has 4 aliphatic carbocycles. The minimum atomic E-state index is -0.233. The summed E-state index contributed by atoms with van der Waals surface area (Å²) in [5.41, 5.74) is 77.7. The Morgan fingerprint density at radius 2 is 0.596 bits per heavy atom. The fourth-order valence-electron chi connectivity index (χ4n) is 19.1. The number of benzene rings is 7. The van der Waals surface area contributed by atoms with Gasteiger partial charge in [-0.2, -0.15) is 0 Å². The molecule has 141 heavy (non-hydrogen) atoms. The van der Waals surface area contributed by atoms with Gasteiger partial charge < -0.3 is 70.1 Å². The highest BCUT2D eigenvalue weighted by molar-refractivity contribution is 5.90. The molecule has 4 saturated carbocycles. The van der Waals surface area contributed by atoms with E-state index >= 15 is 0 Å². The second kappa shape index (κ2) is 37.2. The number of H-pyrrole nitrogens is 1. The number of nitrogens with one attached hydrogen (secondary N) is 1. The second-order valence-corrected chi connectivity index (χ2v) is 37.3. The lowest BCUT2D eigenvalue weighted by atomic mass is 9.73. The molecule has 4 aliphatic rings. The first-order valence-corrected chi connectivity index (χ1v) is 47.4. The first-order valence-electron chi connectivity index (χ1n) is 47.4. The molecule has 0 spiro atoms. The van der Waals surface area contributed by atoms with Crippen LogP contribution in [0.15, 0.2) is 304 Å². The number of aromatic nitrogens is 17. The molecule has 20 aromatic rings. The zero-order valence-electron chi connectivity index (χ0n) is 79.3. The molecule has 704 valence electrons. The zero-order chi connectivity index (χ0) is 97.0. The normalized spacial score (nSPS) is 14.6. The Hall–Kier alpha value is -16.9. The van der Waals surface area contributed by atoms with Crippen LogP contribution in [-0.2, 0) is 22.2 Å². The lowest BCUT2D eigenvalue weighted by Crippen LogP contribution is -2.43. The standard InChI is InChI=1S/2C29H29N7.C29H28N6O2.C25H23N7/c1-35(2)22-7-3-6-19(18-22)24-13-14-25-28(33-24)36(27(34-25)23-8-4-17-32-26(23)30)21-11-9-20(10-12-21)29(31)15-5-16-29;1-35(2)21-10-6-19(7-11-21)24-14-15-25-28(33-24)36(27(34-25)23-5-3-18-32-26(23)30)22-12-8-20(9-13-22)29(31)16-4-17-29;1-36-21-15-18(16-22(17-21)37-2)24-10-11-25-28(33-24)35(27(34-25)23-5-3-14-32-26(23)30)20-8-6-19(7-9-20)29(31)12-4-13-29;26-22-19(3-1-13-29-22)23-31-21-9-8-20(16-10-14-28-15-16)30-24(21)32(23)18-6-4-17(5-7-18)25(27)11-2-12-25/h3-4,6-14,17-18H,5,15-16,31H2,1-2H3,(H2,30,32);3,5-15,18H,4,16-17,31H2,1-2H3,(H2,30,32);3,5-11,14-17H,4,12-13,31H2,1-2H3,(H2,30,32);1,3-10,13-15,28H,2,11-12,27H2,(H2,26,29). The Balaban J connectivity index is 0.000000112. The first-order chi connectivity index (χ1) is 68.5. The van der Waals surface area contributed by atoms with Crippen LogP contribution in [-0.4, -0.2) is 125 Å². The van der Waals surface area contributed by atoms with E-state index in [0.29, 0.717) is 63.7 Å². The summed E-state index contributed by atoms with van der Waals surface area (Å²) < 4.78 is 19.1. The van der Waals surface area contributed by atoms with Crippen molar-refractivity contribution < 1.29 is 9.47 Å². The highest BCUT2D eigenvalue weighted by atomic mass is 16.5. The summed E-state index contributed by atoms with van der Waals surface area (Å²) in [6, 6.07) is 89.3. The molecule has 17 N–H and O–H groups in total. The summed E-state index contributed by atoms with van der Waals surface area (Å²) in [7, 11) is 11.4. The molecule has 0 aliphatic heterocycles. The molecule has 13 heterocycles. The minimum Gasteiger partial charge on any atom is -0.497 e. The van der Waals surface area contributed by atoms with Crippen LogP contribution >= 0.6 is 0 Å². The van der Waals surface area contributed by atoms with E-state index in [-0.39, 0.29) is 22.2 Å². The van der Waals surface area contributed by atoms with Crippen LogP contribution in [0, 0.1) is 0 Å². The van der Waals surface area contributed by atoms with E-state index in [0.717, 1.165) is 204 Å². The van der Waals surface area contributed by atoms with E-state index in [4.69, 9.17) is 95.2 Å². The molecular weight excluding hydrogens is 1760 g/mol. The van der Waals surface area contributed by atoms with E-state index in [1.165, 1.54) is 36.0 Å². The number of pyridine rings is 8. The Bertz CT molecular complexity index is 7990. The maximum absolute atomic E-state index is 6.58. The number of anilines is 6. The lowest BCUT2D eigenvalue weighted by Gasteiger charge is -2.38. The van der Waals surface area contributed by atoms with Crippen molar-refractivity contribution in [3.05, 3.63) is 326 Å². The van der Waals surface area contributed by atoms with E-state index in [1.54, 1.807) is 39.0 Å². The van der Waals surface area contributed by atoms with Crippen LogP contribution in [0.25, 0.3) is 158 Å². The quantitative estimate of drug-likeness (QED) is 0.0342. The van der Waals surface area contributed by atoms with Crippen LogP contribution in [0.4, 0.5) is 34.6 Å². The van der Waals surface area contributed by atoms with Gasteiger partial charge in [-0.25, -0.2) is 59.8 Å². The van der Waals surface area contributed by atoms with E-state index in [9.17, 15) is 0 Å². The average molecular weight is 1870 g/mol. The van der Waals surface area contributed by atoms with Gasteiger partial charge in [0.15, 0.2) is 45.9 Å². The summed E-state index contributed by atoms with van der Waals surface area (Å²) in [5.74, 6) is 5.89. The van der Waals surface area contributed by atoms with Gasteiger partial charge >= 0.3 is 0 Å². The highest BCUT2D eigenvalue weighted by Gasteiger charge is 2.39. The number of fused-ring (bicyclic) bond motifs is 4. The average Bonchev–Trinajstić information content (AvgIpc) is 1.61. The van der Waals surface area contributed by atoms with Gasteiger partial charge in [-0.15, -0.1) is 0 Å². The molecular formula is C112H109N27O2. The molecule has 0 saturated heterocycles. The number of nitrogen functional groups attached to an aromatic ring is 4. The van der Waals surface area contributed by atoms with E-state index in [2.05, 4.69) is 189 Å². The Morgan fingerprint density at radius 3 is 0.872 bits per heavy atom. The van der Waals surface area contributed by atoms with Gasteiger partial charge in [-0.1, -0.05) is 72.8 Å². The van der Waals surface area contributed by atoms with Crippen molar-refractivity contribution in [2.45, 2.75) is 99.2 Å². The number of nitrogens with two attached hydrogens (primary N) is 8. The van der Waals surface area contributed by atoms with E-state index < -0.39 is 0 Å². The summed E-state index contributed by atoms with van der Waals surface area (Å²) in [6.45, 7) is 0. The van der Waals surface area contributed by atoms with Gasteiger partial charge in [0, 0.05) is 150 Å². The second-order valence-electron chi connectivity index (χ2n) is 37.3. The van der Waals surface area contributed by atoms with Crippen LogP contribution in [0.5, 0.6) is 11.5 Å². The molecule has 0 atom stereocenters. The monoisotopic (exact) mass is 1860 g/mol. The summed E-state index contributed by atoms with van der Waals surface area (Å²) >= 11 is 0. The fraction of sp³-hybridized carbons (Fsp3) is 0.196. The van der Waals surface area contributed by atoms with Gasteiger partial charge in [-0.05, 0) is 287 Å². The predicted molar refractivity (Wildman–Crippen MR) is 563 cm³/mol. The van der Waals surface area contributed by atoms with Crippen molar-refractivity contribution >= 4 is 79.3 Å². The van der Waals surface area contributed by atoms with Crippen LogP contribution in [0.3, 0.4) is 0 Å². The maximum atomic E-state index is 6.58. The third kappa shape index (κ3) is 17.4. The number of aromatic amines is 1. The van der Waals surface area contributed by atoms with Gasteiger partial charge in [0.1, 0.15) is 56.8 Å². The van der Waals surface area contributed by atoms with Crippen LogP contribution in [0.2, 0.25) is 0 Å². The van der Waals surface area contributed by atoms with Crippen molar-refractivity contribution in [3.8, 4) is 125 Å². The van der Waals surface area contributed by atoms with Crippen molar-refractivity contribution in [2.75, 3.05) is 75.1 Å². The topological polar surface area (TPSA) is 423 Å². The molecule has 0 unspecified atom stereocenters. The third-order valence-corrected chi connectivity index (χ3v) is 28.0. The molecule has 0 bridgehead atoms. The number of nitrogens with zero attached hydrogens (tertiary/aromatic N) is 18. The lowest BCUT2D eigenvalue weighted by molar-refractivity contribution is 0.253. The van der Waals surface area contributed by atoms with Crippen molar-refractivity contribution in [1.82, 2.24) is 83.1 Å². The molecule has 24 rings (SSSR count). The zero-order valence-corrected chi connectivity index (χ0v) is 79.3. The first kappa shape index (κ1) is 90.6. The summed E-state index contributed by atoms with van der Waals surface area (Å²) in [5, 5.41) is 0. The Morgan fingerprint density at radius 1 is 0.291 bits per heavy atom. The minimum absolute atomic E-state index is 0.203. The van der Waals surface area contributed by atoms with E-state index in [1.807, 2.05) is 171 Å². The van der Waals surface area contributed by atoms with Crippen LogP contribution in [0.1, 0.15) is 99.3 Å². The van der Waals surface area contributed by atoms with Gasteiger partial charge in [0.25, 0.3) is 0 Å². The number of rotatable bonds is 20. The largest absolute Gasteiger partial charge is 0.497 e. The Kier molecular flexibility index (Phi) is 23.9. The van der Waals surface area contributed by atoms with Gasteiger partial charge in [0.05, 0.1) is 59.2 Å². The number of methoxy groups -OCH3 is 2. The van der Waals surface area contributed by atoms with Crippen molar-refractivity contribution in [2.24, 2.45) is 22.9 Å². The maximum Gasteiger partial charge on any atom is 0.165 e. The fourth-order valence-corrected chi connectivity index (χ4v) is 19.1. The summed E-state index contributed by atoms with van der Waals surface area (Å²) in [4.78, 5) is 64.3. The number of hydrogen-bond acceptors (Lipinski definition) is 24. The van der Waals surface area contributed by atoms with Crippen molar-refractivity contribution in [1.29, 1.82) is 0 Å². The molecule has 4 fully saturated rings. The smallest absolute Gasteiger partial charge is 0.165 e. The number of ether oxygens (including phenoxy) is 2. The SMILES string of the molecule is CN(C)c1ccc(-c2ccc3nc(-c4cccnc4N)n(-c4ccc(C5(N)CCC5)cc4)c3n2)cc1.CN(C)c1cccc(-c2ccc3nc(-c4cccnc4N)n(-c4ccc(C5(N)CCC5)cc4)c3n2)c1.COc1cc(OC)cc(-c2ccc3nc(-c4cccnc4N)n(-c4ccc(C5(N)CCC5)cc4)c3n2)c1.Nc1ncccc1-c1nc2ccc(-c3cc[nH]c3)nc2n1-c1ccc(C2(N)CCC2)cc1. The van der Waals surface area contributed by atoms with Gasteiger partial charge in [-0.3, -0.25) is 18.3 Å². The van der Waals surface area contributed by atoms with Crippen molar-refractivity contribution in [3.63, 3.8) is 0 Å². The molecule has 0 amide bonds. The molecule has 7 aromatic carbocycles. The number of imidazole rings is 4. The summed E-state index contributed by atoms with van der Waals surface area (Å²) in [6.07, 6.45) is 23.4. The van der Waals surface area contributed by atoms with Gasteiger partial charge in [0.2, 0.25) is 0 Å². The third-order valence-electron chi connectivity index (χ3n) is 28.0. The molecule has 13 aromatic heterocycles. The number of hydrogen-bond donors (Lipinski definition) is 9. The molecule has 29 nitrogen and oxygen atoms in total. The van der Waals surface area contributed by atoms with Crippen LogP contribution < -0.4 is 65.1 Å². The molecule has 29 heteroatoms. The predicted octanol–water partition coefficient (Wildman–Crippen LogP) is 19.8.